The molecule has 0 aliphatic rings. The van der Waals surface area contributed by atoms with Crippen LogP contribution in [0.2, 0.25) is 0 Å². The van der Waals surface area contributed by atoms with Gasteiger partial charge in [-0.1, -0.05) is 12.1 Å². The minimum atomic E-state index is -0.440. The smallest absolute Gasteiger partial charge is 0.271 e. The van der Waals surface area contributed by atoms with Gasteiger partial charge in [-0.15, -0.1) is 0 Å². The van der Waals surface area contributed by atoms with Crippen LogP contribution in [-0.4, -0.2) is 4.92 Å². The van der Waals surface area contributed by atoms with Crippen molar-refractivity contribution in [1.29, 1.82) is 0 Å². The fourth-order valence-corrected chi connectivity index (χ4v) is 1.50. The van der Waals surface area contributed by atoms with E-state index < -0.39 is 4.92 Å². The van der Waals surface area contributed by atoms with Gasteiger partial charge >= 0.3 is 0 Å². The lowest BCUT2D eigenvalue weighted by atomic mass is 10.2. The Balaban J connectivity index is 3.10. The highest BCUT2D eigenvalue weighted by atomic mass is 79.9. The maximum Gasteiger partial charge on any atom is 0.283 e. The zero-order valence-electron chi connectivity index (χ0n) is 6.66. The van der Waals surface area contributed by atoms with Crippen molar-refractivity contribution < 1.29 is 4.92 Å². The summed E-state index contributed by atoms with van der Waals surface area (Å²) in [4.78, 5) is 10.1. The van der Waals surface area contributed by atoms with E-state index in [1.165, 1.54) is 6.07 Å². The third kappa shape index (κ3) is 2.24. The van der Waals surface area contributed by atoms with Gasteiger partial charge in [0.15, 0.2) is 0 Å². The van der Waals surface area contributed by atoms with Crippen molar-refractivity contribution in [2.24, 2.45) is 5.84 Å². The maximum absolute atomic E-state index is 10.5. The van der Waals surface area contributed by atoms with E-state index in [0.717, 1.165) is 5.56 Å². The minimum Gasteiger partial charge on any atom is -0.271 e. The van der Waals surface area contributed by atoms with Crippen LogP contribution in [0.15, 0.2) is 22.7 Å². The van der Waals surface area contributed by atoms with Crippen molar-refractivity contribution in [3.63, 3.8) is 0 Å². The van der Waals surface area contributed by atoms with Crippen LogP contribution >= 0.6 is 15.9 Å². The van der Waals surface area contributed by atoms with E-state index in [2.05, 4.69) is 21.4 Å². The van der Waals surface area contributed by atoms with Crippen molar-refractivity contribution in [3.05, 3.63) is 38.3 Å². The minimum absolute atomic E-state index is 0.0488. The summed E-state index contributed by atoms with van der Waals surface area (Å²) in [7, 11) is 0. The maximum atomic E-state index is 10.5. The van der Waals surface area contributed by atoms with Crippen LogP contribution in [0, 0.1) is 10.1 Å². The fourth-order valence-electron chi connectivity index (χ4n) is 0.954. The van der Waals surface area contributed by atoms with Gasteiger partial charge in [-0.25, -0.2) is 0 Å². The SMILES string of the molecule is NNCc1cccc([N+](=O)[O-])c1Br. The average Bonchev–Trinajstić information content (AvgIpc) is 2.08. The lowest BCUT2D eigenvalue weighted by Gasteiger charge is -2.02. The molecule has 13 heavy (non-hydrogen) atoms. The molecular formula is C7H8BrN3O2. The van der Waals surface area contributed by atoms with Gasteiger partial charge in [0.05, 0.1) is 9.40 Å². The molecule has 0 aliphatic heterocycles. The van der Waals surface area contributed by atoms with E-state index in [9.17, 15) is 10.1 Å². The third-order valence-corrected chi connectivity index (χ3v) is 2.46. The van der Waals surface area contributed by atoms with Crippen molar-refractivity contribution in [3.8, 4) is 0 Å². The molecule has 0 saturated heterocycles. The van der Waals surface area contributed by atoms with E-state index in [0.29, 0.717) is 11.0 Å². The standard InChI is InChI=1S/C7H8BrN3O2/c8-7-5(4-10-9)2-1-3-6(7)11(12)13/h1-3,10H,4,9H2. The molecule has 1 aromatic carbocycles. The molecule has 0 heterocycles. The van der Waals surface area contributed by atoms with Crippen molar-refractivity contribution >= 4 is 21.6 Å². The van der Waals surface area contributed by atoms with Gasteiger partial charge in [0.25, 0.3) is 5.69 Å². The number of rotatable bonds is 3. The number of nitrogens with one attached hydrogen (secondary N) is 1. The lowest BCUT2D eigenvalue weighted by molar-refractivity contribution is -0.385. The Kier molecular flexibility index (Phi) is 3.35. The summed E-state index contributed by atoms with van der Waals surface area (Å²) in [5.41, 5.74) is 3.25. The second-order valence-electron chi connectivity index (χ2n) is 2.39. The van der Waals surface area contributed by atoms with Gasteiger partial charge in [0.1, 0.15) is 0 Å². The van der Waals surface area contributed by atoms with Crippen LogP contribution in [-0.2, 0) is 6.54 Å². The molecule has 3 N–H and O–H groups in total. The molecular weight excluding hydrogens is 238 g/mol. The number of halogens is 1. The van der Waals surface area contributed by atoms with E-state index in [-0.39, 0.29) is 5.69 Å². The van der Waals surface area contributed by atoms with Crippen LogP contribution in [0.4, 0.5) is 5.69 Å². The molecule has 0 aromatic heterocycles. The van der Waals surface area contributed by atoms with E-state index >= 15 is 0 Å². The number of hydrazine groups is 1. The first-order valence-corrected chi connectivity index (χ1v) is 4.31. The van der Waals surface area contributed by atoms with Gasteiger partial charge in [-0.05, 0) is 21.5 Å². The average molecular weight is 246 g/mol. The molecule has 5 nitrogen and oxygen atoms in total. The predicted molar refractivity (Wildman–Crippen MR) is 51.8 cm³/mol. The summed E-state index contributed by atoms with van der Waals surface area (Å²) in [6.45, 7) is 0.391. The Morgan fingerprint density at radius 3 is 2.85 bits per heavy atom. The molecule has 0 fully saturated rings. The fraction of sp³-hybridized carbons (Fsp3) is 0.143. The van der Waals surface area contributed by atoms with Crippen LogP contribution in [0.1, 0.15) is 5.56 Å². The molecule has 0 atom stereocenters. The molecule has 0 spiro atoms. The molecule has 1 aromatic rings. The predicted octanol–water partition coefficient (Wildman–Crippen LogP) is 1.32. The Morgan fingerprint density at radius 2 is 2.31 bits per heavy atom. The molecule has 0 radical (unpaired) electrons. The molecule has 0 aliphatic carbocycles. The van der Waals surface area contributed by atoms with Gasteiger partial charge < -0.3 is 0 Å². The zero-order chi connectivity index (χ0) is 9.84. The molecule has 6 heteroatoms. The van der Waals surface area contributed by atoms with Crippen LogP contribution in [0.25, 0.3) is 0 Å². The lowest BCUT2D eigenvalue weighted by Crippen LogP contribution is -2.21. The van der Waals surface area contributed by atoms with E-state index in [4.69, 9.17) is 5.84 Å². The number of benzene rings is 1. The third-order valence-electron chi connectivity index (χ3n) is 1.55. The molecule has 0 bridgehead atoms. The first-order valence-electron chi connectivity index (χ1n) is 3.52. The summed E-state index contributed by atoms with van der Waals surface area (Å²) in [6, 6.07) is 4.82. The molecule has 70 valence electrons. The Hall–Kier alpha value is -0.980. The van der Waals surface area contributed by atoms with E-state index in [1.807, 2.05) is 0 Å². The van der Waals surface area contributed by atoms with Crippen molar-refractivity contribution in [1.82, 2.24) is 5.43 Å². The normalized spacial score (nSPS) is 10.0. The molecule has 0 unspecified atom stereocenters. The molecule has 0 saturated carbocycles. The van der Waals surface area contributed by atoms with Crippen molar-refractivity contribution in [2.75, 3.05) is 0 Å². The number of nitrogens with zero attached hydrogens (tertiary/aromatic N) is 1. The van der Waals surface area contributed by atoms with Gasteiger partial charge in [0.2, 0.25) is 0 Å². The topological polar surface area (TPSA) is 81.2 Å². The second kappa shape index (κ2) is 4.31. The Morgan fingerprint density at radius 1 is 1.62 bits per heavy atom. The molecule has 1 rings (SSSR count). The van der Waals surface area contributed by atoms with Gasteiger partial charge in [0, 0.05) is 12.6 Å². The first kappa shape index (κ1) is 10.1. The number of nitro groups is 1. The number of nitrogens with two attached hydrogens (primary N) is 1. The van der Waals surface area contributed by atoms with Crippen LogP contribution in [0.5, 0.6) is 0 Å². The first-order chi connectivity index (χ1) is 6.16. The summed E-state index contributed by atoms with van der Waals surface area (Å²) in [5.74, 6) is 5.11. The number of nitro benzene ring substituents is 1. The highest BCUT2D eigenvalue weighted by Gasteiger charge is 2.13. The van der Waals surface area contributed by atoms with Crippen LogP contribution in [0.3, 0.4) is 0 Å². The summed E-state index contributed by atoms with van der Waals surface area (Å²) in [5, 5.41) is 10.5. The largest absolute Gasteiger partial charge is 0.283 e. The summed E-state index contributed by atoms with van der Waals surface area (Å²) >= 11 is 3.15. The van der Waals surface area contributed by atoms with Gasteiger partial charge in [-0.2, -0.15) is 0 Å². The zero-order valence-corrected chi connectivity index (χ0v) is 8.24. The highest BCUT2D eigenvalue weighted by Crippen LogP contribution is 2.27. The van der Waals surface area contributed by atoms with Crippen LogP contribution < -0.4 is 11.3 Å². The Labute approximate surface area is 83.2 Å². The Bertz CT molecular complexity index is 330. The highest BCUT2D eigenvalue weighted by molar-refractivity contribution is 9.10. The van der Waals surface area contributed by atoms with E-state index in [1.54, 1.807) is 12.1 Å². The number of hydrogen-bond acceptors (Lipinski definition) is 4. The van der Waals surface area contributed by atoms with Gasteiger partial charge in [-0.3, -0.25) is 21.4 Å². The second-order valence-corrected chi connectivity index (χ2v) is 3.18. The monoisotopic (exact) mass is 245 g/mol. The molecule has 0 amide bonds. The quantitative estimate of drug-likeness (QED) is 0.478. The summed E-state index contributed by atoms with van der Waals surface area (Å²) in [6.07, 6.45) is 0. The van der Waals surface area contributed by atoms with Crippen molar-refractivity contribution in [2.45, 2.75) is 6.54 Å². The number of hydrogen-bond donors (Lipinski definition) is 2. The summed E-state index contributed by atoms with van der Waals surface area (Å²) < 4.78 is 0.470.